The predicted molar refractivity (Wildman–Crippen MR) is 135 cm³/mol. The highest BCUT2D eigenvalue weighted by Gasteiger charge is 2.62. The van der Waals surface area contributed by atoms with Crippen LogP contribution < -0.4 is 10.5 Å². The summed E-state index contributed by atoms with van der Waals surface area (Å²) in [5.41, 5.74) is 2.82. The molecule has 1 aliphatic rings. The van der Waals surface area contributed by atoms with Crippen molar-refractivity contribution in [3.05, 3.63) is 46.2 Å². The number of halogens is 8. The Morgan fingerprint density at radius 2 is 1.95 bits per heavy atom. The first kappa shape index (κ1) is 31.7. The zero-order valence-corrected chi connectivity index (χ0v) is 22.6. The fourth-order valence-corrected chi connectivity index (χ4v) is 4.11. The van der Waals surface area contributed by atoms with Gasteiger partial charge >= 0.3 is 18.7 Å². The van der Waals surface area contributed by atoms with Crippen LogP contribution in [-0.4, -0.2) is 51.7 Å². The molecule has 0 bridgehead atoms. The maximum absolute atomic E-state index is 14.0. The molecule has 0 radical (unpaired) electrons. The molecule has 1 aromatic carbocycles. The molecule has 0 aliphatic heterocycles. The molecular formula is C25H24ClF7N6O2. The second-order valence-corrected chi connectivity index (χ2v) is 10.0. The van der Waals surface area contributed by atoms with Crippen molar-refractivity contribution in [3.8, 4) is 11.8 Å². The van der Waals surface area contributed by atoms with Gasteiger partial charge in [-0.1, -0.05) is 31.5 Å². The molecule has 2 aromatic rings. The van der Waals surface area contributed by atoms with Crippen LogP contribution in [0.3, 0.4) is 0 Å². The third-order valence-corrected chi connectivity index (χ3v) is 6.44. The van der Waals surface area contributed by atoms with Crippen molar-refractivity contribution in [2.24, 2.45) is 23.7 Å². The first-order chi connectivity index (χ1) is 19.0. The summed E-state index contributed by atoms with van der Waals surface area (Å²) in [6, 6.07) is 6.28. The van der Waals surface area contributed by atoms with Gasteiger partial charge in [0.25, 0.3) is 5.91 Å². The number of benzene rings is 1. The minimum atomic E-state index is -6.16. The summed E-state index contributed by atoms with van der Waals surface area (Å²) in [7, 11) is 0.901. The van der Waals surface area contributed by atoms with Gasteiger partial charge in [0.2, 0.25) is 0 Å². The number of carbonyl (C=O) groups is 1. The summed E-state index contributed by atoms with van der Waals surface area (Å²) < 4.78 is 97.3. The van der Waals surface area contributed by atoms with E-state index in [1.165, 1.54) is 23.1 Å². The molecule has 1 aliphatic carbocycles. The number of rotatable bonds is 10. The average Bonchev–Trinajstić information content (AvgIpc) is 3.61. The summed E-state index contributed by atoms with van der Waals surface area (Å²) in [5.74, 6) is -8.61. The second-order valence-electron chi connectivity index (χ2n) is 9.60. The molecule has 1 aromatic heterocycles. The minimum Gasteiger partial charge on any atom is -0.428 e. The maximum atomic E-state index is 14.0. The van der Waals surface area contributed by atoms with E-state index in [0.29, 0.717) is 17.5 Å². The van der Waals surface area contributed by atoms with Crippen LogP contribution in [0.4, 0.5) is 36.6 Å². The molecule has 8 nitrogen and oxygen atoms in total. The van der Waals surface area contributed by atoms with Crippen LogP contribution in [0.15, 0.2) is 29.4 Å². The quantitative estimate of drug-likeness (QED) is 0.256. The number of ether oxygens (including phenoxy) is 1. The molecule has 41 heavy (non-hydrogen) atoms. The third-order valence-electron chi connectivity index (χ3n) is 6.11. The molecule has 3 rings (SSSR count). The summed E-state index contributed by atoms with van der Waals surface area (Å²) in [4.78, 5) is 18.7. The van der Waals surface area contributed by atoms with Crippen LogP contribution in [0.2, 0.25) is 5.02 Å². The number of aliphatic imine (C=N–C) groups is 1. The van der Waals surface area contributed by atoms with Gasteiger partial charge in [-0.3, -0.25) is 4.79 Å². The van der Waals surface area contributed by atoms with Crippen molar-refractivity contribution in [2.75, 3.05) is 6.54 Å². The van der Waals surface area contributed by atoms with Gasteiger partial charge in [0.15, 0.2) is 17.3 Å². The van der Waals surface area contributed by atoms with E-state index in [9.17, 15) is 40.8 Å². The van der Waals surface area contributed by atoms with E-state index in [1.807, 2.05) is 13.8 Å². The number of amides is 1. The molecule has 0 saturated heterocycles. The lowest BCUT2D eigenvalue weighted by Crippen LogP contribution is -2.43. The van der Waals surface area contributed by atoms with E-state index in [0.717, 1.165) is 19.5 Å². The van der Waals surface area contributed by atoms with Gasteiger partial charge in [0.05, 0.1) is 16.7 Å². The Morgan fingerprint density at radius 1 is 1.32 bits per heavy atom. The van der Waals surface area contributed by atoms with Crippen molar-refractivity contribution >= 4 is 35.1 Å². The van der Waals surface area contributed by atoms with Gasteiger partial charge in [-0.15, -0.1) is 0 Å². The highest BCUT2D eigenvalue weighted by molar-refractivity contribution is 6.34. The van der Waals surface area contributed by atoms with Crippen molar-refractivity contribution in [1.82, 2.24) is 14.7 Å². The van der Waals surface area contributed by atoms with Crippen molar-refractivity contribution in [2.45, 2.75) is 50.9 Å². The number of aromatic nitrogens is 2. The Hall–Kier alpha value is -3.80. The molecule has 1 heterocycles. The highest BCUT2D eigenvalue weighted by atomic mass is 35.5. The Kier molecular flexibility index (Phi) is 8.97. The third kappa shape index (κ3) is 6.42. The van der Waals surface area contributed by atoms with Gasteiger partial charge in [-0.2, -0.15) is 41.1 Å². The van der Waals surface area contributed by atoms with Crippen LogP contribution in [0.25, 0.3) is 5.57 Å². The fourth-order valence-electron chi connectivity index (χ4n) is 3.91. The summed E-state index contributed by atoms with van der Waals surface area (Å²) in [6.45, 7) is 0.240. The van der Waals surface area contributed by atoms with Crippen LogP contribution in [0.1, 0.15) is 48.3 Å². The topological polar surface area (TPSA) is 110 Å². The molecule has 16 heteroatoms. The van der Waals surface area contributed by atoms with Crippen LogP contribution >= 0.6 is 11.6 Å². The van der Waals surface area contributed by atoms with Gasteiger partial charge in [-0.25, -0.2) is 9.67 Å². The molecule has 0 atom stereocenters. The second kappa shape index (κ2) is 11.6. The highest BCUT2D eigenvalue weighted by Crippen LogP contribution is 2.49. The normalized spacial score (nSPS) is 15.5. The zero-order valence-electron chi connectivity index (χ0n) is 21.8. The summed E-state index contributed by atoms with van der Waals surface area (Å²) in [6.07, 6.45) is -3.33. The average molecular weight is 609 g/mol. The van der Waals surface area contributed by atoms with Gasteiger partial charge < -0.3 is 15.4 Å². The SMILES string of the molecule is CC(C)CN(C(=O)c1cc(C(=C/N)/C=N/c2c(OC(F)F)c(C(F)(F)C(F)(F)F)nn2C)ccc1Cl)C1(C#N)CC1. The maximum Gasteiger partial charge on any atom is 0.459 e. The predicted octanol–water partition coefficient (Wildman–Crippen LogP) is 6.19. The van der Waals surface area contributed by atoms with Gasteiger partial charge in [-0.05, 0) is 36.5 Å². The van der Waals surface area contributed by atoms with E-state index in [-0.39, 0.29) is 34.2 Å². The van der Waals surface area contributed by atoms with Crippen molar-refractivity contribution in [3.63, 3.8) is 0 Å². The van der Waals surface area contributed by atoms with Gasteiger partial charge in [0, 0.05) is 31.6 Å². The number of nitrogens with zero attached hydrogens (tertiary/aromatic N) is 5. The first-order valence-electron chi connectivity index (χ1n) is 11.9. The molecular weight excluding hydrogens is 585 g/mol. The first-order valence-corrected chi connectivity index (χ1v) is 12.3. The summed E-state index contributed by atoms with van der Waals surface area (Å²) in [5, 5.41) is 12.8. The van der Waals surface area contributed by atoms with Crippen LogP contribution in [-0.2, 0) is 13.0 Å². The van der Waals surface area contributed by atoms with E-state index in [2.05, 4.69) is 20.9 Å². The van der Waals surface area contributed by atoms with Crippen LogP contribution in [0.5, 0.6) is 5.75 Å². The Morgan fingerprint density at radius 3 is 2.44 bits per heavy atom. The number of aryl methyl sites for hydroxylation is 1. The van der Waals surface area contributed by atoms with E-state index in [1.54, 1.807) is 0 Å². The van der Waals surface area contributed by atoms with Crippen molar-refractivity contribution < 1.29 is 40.3 Å². The molecule has 2 N–H and O–H groups in total. The van der Waals surface area contributed by atoms with E-state index in [4.69, 9.17) is 17.3 Å². The lowest BCUT2D eigenvalue weighted by atomic mass is 10.0. The van der Waals surface area contributed by atoms with Gasteiger partial charge in [0.1, 0.15) is 5.54 Å². The van der Waals surface area contributed by atoms with E-state index < -0.39 is 47.4 Å². The molecule has 1 fully saturated rings. The van der Waals surface area contributed by atoms with Crippen molar-refractivity contribution in [1.29, 1.82) is 5.26 Å². The number of allylic oxidation sites excluding steroid dienone is 1. The largest absolute Gasteiger partial charge is 0.459 e. The number of nitrogens with two attached hydrogens (primary N) is 1. The smallest absolute Gasteiger partial charge is 0.428 e. The number of alkyl halides is 7. The zero-order chi connectivity index (χ0) is 30.9. The minimum absolute atomic E-state index is 0.000808. The molecule has 0 spiro atoms. The van der Waals surface area contributed by atoms with Crippen LogP contribution in [0, 0.1) is 17.2 Å². The molecule has 0 unspecified atom stereocenters. The lowest BCUT2D eigenvalue weighted by Gasteiger charge is -2.29. The molecule has 1 saturated carbocycles. The fraction of sp³-hybridized carbons (Fsp3) is 0.440. The Bertz CT molecular complexity index is 1410. The Balaban J connectivity index is 2.04. The summed E-state index contributed by atoms with van der Waals surface area (Å²) >= 11 is 6.30. The monoisotopic (exact) mass is 608 g/mol. The molecule has 1 amide bonds. The Labute approximate surface area is 234 Å². The number of hydrogen-bond donors (Lipinski definition) is 1. The lowest BCUT2D eigenvalue weighted by molar-refractivity contribution is -0.291. The number of carbonyl (C=O) groups excluding carboxylic acids is 1. The van der Waals surface area contributed by atoms with E-state index >= 15 is 0 Å². The standard InChI is InChI=1S/C25H24ClF7N6O2/c1-13(2)11-39(23(12-35)6-7-23)21(40)16-8-14(4-5-17(16)26)15(9-34)10-36-20-18(41-22(27)28)19(37-38(20)3)24(29,30)25(31,32)33/h4-5,8-10,13,22H,6-7,11,34H2,1-3H3/b15-9+,36-10+. The number of nitriles is 1. The number of hydrogen-bond acceptors (Lipinski definition) is 6. The molecule has 222 valence electrons.